The lowest BCUT2D eigenvalue weighted by Crippen LogP contribution is -2.26. The van der Waals surface area contributed by atoms with Gasteiger partial charge in [-0.15, -0.1) is 10.2 Å². The van der Waals surface area contributed by atoms with Gasteiger partial charge in [-0.3, -0.25) is 4.79 Å². The Hall–Kier alpha value is -1.37. The smallest absolute Gasteiger partial charge is 0.265 e. The first kappa shape index (κ1) is 17.0. The summed E-state index contributed by atoms with van der Waals surface area (Å²) >= 11 is 13.5. The first-order chi connectivity index (χ1) is 10.5. The minimum Gasteiger partial charge on any atom is -0.265 e. The maximum absolute atomic E-state index is 12.4. The Morgan fingerprint density at radius 2 is 1.91 bits per heavy atom. The molecule has 0 radical (unpaired) electrons. The van der Waals surface area contributed by atoms with Crippen LogP contribution in [0.4, 0.5) is 0 Å². The molecule has 0 N–H and O–H groups in total. The van der Waals surface area contributed by atoms with Crippen molar-refractivity contribution >= 4 is 41.2 Å². The monoisotopic (exact) mass is 356 g/mol. The van der Waals surface area contributed by atoms with Gasteiger partial charge in [0.2, 0.25) is 5.16 Å². The van der Waals surface area contributed by atoms with Crippen LogP contribution in [-0.2, 0) is 0 Å². The molecule has 0 fully saturated rings. The molecule has 116 valence electrons. The predicted octanol–water partition coefficient (Wildman–Crippen LogP) is 3.67. The summed E-state index contributed by atoms with van der Waals surface area (Å²) in [4.78, 5) is 12.4. The number of aromatic nitrogens is 3. The minimum atomic E-state index is -0.297. The van der Waals surface area contributed by atoms with Gasteiger partial charge >= 0.3 is 0 Å². The van der Waals surface area contributed by atoms with Gasteiger partial charge in [0.15, 0.2) is 0 Å². The summed E-state index contributed by atoms with van der Waals surface area (Å²) in [5.74, 6) is -0.0405. The molecular weight excluding hydrogens is 343 g/mol. The third kappa shape index (κ3) is 3.51. The highest BCUT2D eigenvalue weighted by Gasteiger charge is 2.14. The molecule has 22 heavy (non-hydrogen) atoms. The summed E-state index contributed by atoms with van der Waals surface area (Å²) < 4.78 is 1.21. The molecular formula is C14H14Cl2N4OS. The Morgan fingerprint density at radius 1 is 1.27 bits per heavy atom. The molecule has 0 atom stereocenters. The van der Waals surface area contributed by atoms with E-state index in [2.05, 4.69) is 15.3 Å². The number of thioether (sulfide) groups is 1. The maximum atomic E-state index is 12.4. The Bertz CT molecular complexity index is 754. The average molecular weight is 357 g/mol. The van der Waals surface area contributed by atoms with Crippen LogP contribution in [0.2, 0.25) is 10.0 Å². The van der Waals surface area contributed by atoms with Gasteiger partial charge in [-0.05, 0) is 18.4 Å². The fourth-order valence-electron chi connectivity index (χ4n) is 1.72. The van der Waals surface area contributed by atoms with E-state index in [4.69, 9.17) is 23.2 Å². The minimum absolute atomic E-state index is 0.0405. The second-order valence-electron chi connectivity index (χ2n) is 4.72. The van der Waals surface area contributed by atoms with E-state index in [1.165, 1.54) is 22.7 Å². The number of nitrogens with zero attached hydrogens (tertiary/aromatic N) is 4. The highest BCUT2D eigenvalue weighted by atomic mass is 35.5. The Labute approximate surface area is 142 Å². The molecule has 0 aliphatic rings. The molecule has 1 aromatic heterocycles. The second kappa shape index (κ2) is 7.26. The van der Waals surface area contributed by atoms with Gasteiger partial charge in [0.05, 0.1) is 16.3 Å². The molecule has 2 rings (SSSR count). The lowest BCUT2D eigenvalue weighted by molar-refractivity contribution is 0.605. The van der Waals surface area contributed by atoms with Crippen LogP contribution in [0, 0.1) is 0 Å². The summed E-state index contributed by atoms with van der Waals surface area (Å²) in [5, 5.41) is 13.5. The highest BCUT2D eigenvalue weighted by molar-refractivity contribution is 7.98. The summed E-state index contributed by atoms with van der Waals surface area (Å²) in [6.45, 7) is 3.76. The van der Waals surface area contributed by atoms with Crippen molar-refractivity contribution in [1.29, 1.82) is 0 Å². The SMILES string of the molecule is CSc1nnc(C(C)C)c(=O)n1N=Cc1c(Cl)cccc1Cl. The maximum Gasteiger partial charge on any atom is 0.297 e. The number of hydrogen-bond donors (Lipinski definition) is 0. The van der Waals surface area contributed by atoms with E-state index >= 15 is 0 Å². The fourth-order valence-corrected chi connectivity index (χ4v) is 2.64. The molecule has 0 unspecified atom stereocenters. The van der Waals surface area contributed by atoms with Gasteiger partial charge in [0.25, 0.3) is 5.56 Å². The van der Waals surface area contributed by atoms with E-state index < -0.39 is 0 Å². The van der Waals surface area contributed by atoms with E-state index in [1.54, 1.807) is 24.5 Å². The summed E-state index contributed by atoms with van der Waals surface area (Å²) in [6.07, 6.45) is 3.25. The lowest BCUT2D eigenvalue weighted by Gasteiger charge is -2.08. The quantitative estimate of drug-likeness (QED) is 0.619. The topological polar surface area (TPSA) is 60.1 Å². The van der Waals surface area contributed by atoms with Crippen LogP contribution in [0.25, 0.3) is 0 Å². The van der Waals surface area contributed by atoms with E-state index in [9.17, 15) is 4.79 Å². The lowest BCUT2D eigenvalue weighted by atomic mass is 10.1. The molecule has 2 aromatic rings. The third-order valence-corrected chi connectivity index (χ3v) is 4.15. The first-order valence-electron chi connectivity index (χ1n) is 6.47. The summed E-state index contributed by atoms with van der Waals surface area (Å²) in [5.41, 5.74) is 0.613. The molecule has 0 aliphatic heterocycles. The van der Waals surface area contributed by atoms with Gasteiger partial charge in [-0.1, -0.05) is 54.9 Å². The van der Waals surface area contributed by atoms with Crippen LogP contribution < -0.4 is 5.56 Å². The van der Waals surface area contributed by atoms with Crippen molar-refractivity contribution in [3.05, 3.63) is 49.9 Å². The van der Waals surface area contributed by atoms with Gasteiger partial charge < -0.3 is 0 Å². The fraction of sp³-hybridized carbons (Fsp3) is 0.286. The van der Waals surface area contributed by atoms with Crippen LogP contribution in [-0.4, -0.2) is 27.3 Å². The zero-order valence-electron chi connectivity index (χ0n) is 12.2. The molecule has 1 heterocycles. The number of hydrogen-bond acceptors (Lipinski definition) is 5. The Kier molecular flexibility index (Phi) is 5.61. The van der Waals surface area contributed by atoms with Crippen molar-refractivity contribution in [3.63, 3.8) is 0 Å². The molecule has 0 saturated carbocycles. The molecule has 1 aromatic carbocycles. The van der Waals surface area contributed by atoms with Crippen molar-refractivity contribution in [1.82, 2.24) is 14.9 Å². The van der Waals surface area contributed by atoms with E-state index in [0.717, 1.165) is 0 Å². The first-order valence-corrected chi connectivity index (χ1v) is 8.45. The Morgan fingerprint density at radius 3 is 2.45 bits per heavy atom. The normalized spacial score (nSPS) is 11.5. The van der Waals surface area contributed by atoms with Crippen molar-refractivity contribution in [3.8, 4) is 0 Å². The number of benzene rings is 1. The van der Waals surface area contributed by atoms with Crippen molar-refractivity contribution in [2.45, 2.75) is 24.9 Å². The van der Waals surface area contributed by atoms with Gasteiger partial charge in [-0.25, -0.2) is 0 Å². The average Bonchev–Trinajstić information content (AvgIpc) is 2.47. The zero-order valence-corrected chi connectivity index (χ0v) is 14.6. The van der Waals surface area contributed by atoms with Crippen LogP contribution >= 0.6 is 35.0 Å². The largest absolute Gasteiger partial charge is 0.297 e. The van der Waals surface area contributed by atoms with Crippen LogP contribution in [0.5, 0.6) is 0 Å². The van der Waals surface area contributed by atoms with Crippen molar-refractivity contribution in [2.75, 3.05) is 6.26 Å². The van der Waals surface area contributed by atoms with Crippen molar-refractivity contribution in [2.24, 2.45) is 5.10 Å². The summed E-state index contributed by atoms with van der Waals surface area (Å²) in [6, 6.07) is 5.15. The molecule has 0 amide bonds. The molecule has 8 heteroatoms. The zero-order chi connectivity index (χ0) is 16.3. The molecule has 0 spiro atoms. The molecule has 5 nitrogen and oxygen atoms in total. The second-order valence-corrected chi connectivity index (χ2v) is 6.31. The Balaban J connectivity index is 2.55. The van der Waals surface area contributed by atoms with Crippen LogP contribution in [0.3, 0.4) is 0 Å². The highest BCUT2D eigenvalue weighted by Crippen LogP contribution is 2.22. The molecule has 0 bridgehead atoms. The molecule has 0 saturated heterocycles. The standard InChI is InChI=1S/C14H14Cl2N4OS/c1-8(2)12-13(21)20(14(22-3)19-18-12)17-7-9-10(15)5-4-6-11(9)16/h4-8H,1-3H3. The molecule has 0 aliphatic carbocycles. The summed E-state index contributed by atoms with van der Waals surface area (Å²) in [7, 11) is 0. The van der Waals surface area contributed by atoms with E-state index in [-0.39, 0.29) is 11.5 Å². The number of halogens is 2. The van der Waals surface area contributed by atoms with Gasteiger partial charge in [-0.2, -0.15) is 9.78 Å². The van der Waals surface area contributed by atoms with Crippen LogP contribution in [0.15, 0.2) is 33.3 Å². The number of rotatable bonds is 4. The predicted molar refractivity (Wildman–Crippen MR) is 91.6 cm³/mol. The van der Waals surface area contributed by atoms with E-state index in [1.807, 2.05) is 13.8 Å². The van der Waals surface area contributed by atoms with Crippen LogP contribution in [0.1, 0.15) is 31.0 Å². The van der Waals surface area contributed by atoms with Gasteiger partial charge in [0, 0.05) is 11.5 Å². The third-order valence-electron chi connectivity index (χ3n) is 2.87. The van der Waals surface area contributed by atoms with Gasteiger partial charge in [0.1, 0.15) is 5.69 Å². The van der Waals surface area contributed by atoms with Crippen molar-refractivity contribution < 1.29 is 0 Å². The van der Waals surface area contributed by atoms with E-state index in [0.29, 0.717) is 26.5 Å².